The number of ether oxygens (including phenoxy) is 1. The van der Waals surface area contributed by atoms with Crippen LogP contribution >= 0.6 is 0 Å². The molecule has 7 nitrogen and oxygen atoms in total. The van der Waals surface area contributed by atoms with Crippen LogP contribution in [0.25, 0.3) is 0 Å². The molecule has 0 fully saturated rings. The Labute approximate surface area is 145 Å². The van der Waals surface area contributed by atoms with Crippen molar-refractivity contribution in [1.29, 1.82) is 0 Å². The van der Waals surface area contributed by atoms with E-state index in [1.807, 2.05) is 20.8 Å². The summed E-state index contributed by atoms with van der Waals surface area (Å²) in [5.41, 5.74) is -0.196. The van der Waals surface area contributed by atoms with E-state index in [2.05, 4.69) is 10.6 Å². The van der Waals surface area contributed by atoms with E-state index in [9.17, 15) is 18.8 Å². The molecule has 0 aliphatic rings. The van der Waals surface area contributed by atoms with Crippen molar-refractivity contribution in [2.45, 2.75) is 33.3 Å². The Bertz CT molecular complexity index is 610. The lowest BCUT2D eigenvalue weighted by atomic mass is 9.92. The Balaban J connectivity index is 2.43. The molecular weight excluding hydrogens is 331 g/mol. The molecule has 25 heavy (non-hydrogen) atoms. The van der Waals surface area contributed by atoms with E-state index in [0.29, 0.717) is 0 Å². The Hall–Kier alpha value is -2.64. The van der Waals surface area contributed by atoms with Crippen LogP contribution in [0.15, 0.2) is 24.3 Å². The molecule has 2 amide bonds. The van der Waals surface area contributed by atoms with Gasteiger partial charge in [-0.25, -0.2) is 9.18 Å². The normalized spacial score (nSPS) is 12.2. The molecule has 138 valence electrons. The zero-order chi connectivity index (χ0) is 19.0. The number of hydrogen-bond donors (Lipinski definition) is 3. The number of hydrogen-bond acceptors (Lipinski definition) is 4. The van der Waals surface area contributed by atoms with Gasteiger partial charge < -0.3 is 20.5 Å². The van der Waals surface area contributed by atoms with Crippen molar-refractivity contribution >= 4 is 17.8 Å². The summed E-state index contributed by atoms with van der Waals surface area (Å²) in [7, 11) is 0. The maximum absolute atomic E-state index is 12.8. The van der Waals surface area contributed by atoms with Crippen molar-refractivity contribution in [2.75, 3.05) is 13.1 Å². The molecule has 0 aliphatic heterocycles. The van der Waals surface area contributed by atoms with Gasteiger partial charge in [-0.1, -0.05) is 20.8 Å². The van der Waals surface area contributed by atoms with E-state index in [1.165, 1.54) is 12.1 Å². The molecule has 1 aromatic carbocycles. The third kappa shape index (κ3) is 8.69. The molecular formula is C17H23FN2O5. The first-order valence-corrected chi connectivity index (χ1v) is 7.75. The zero-order valence-electron chi connectivity index (χ0n) is 14.5. The molecule has 0 heterocycles. The van der Waals surface area contributed by atoms with Crippen LogP contribution in [0, 0.1) is 11.2 Å². The molecule has 1 aromatic rings. The highest BCUT2D eigenvalue weighted by Crippen LogP contribution is 2.17. The summed E-state index contributed by atoms with van der Waals surface area (Å²) >= 11 is 0. The molecule has 0 bridgehead atoms. The van der Waals surface area contributed by atoms with Crippen LogP contribution in [0.1, 0.15) is 27.2 Å². The summed E-state index contributed by atoms with van der Waals surface area (Å²) in [5.74, 6) is -2.38. The lowest BCUT2D eigenvalue weighted by molar-refractivity contribution is -0.145. The molecule has 1 unspecified atom stereocenters. The number of carboxylic acids is 1. The number of benzene rings is 1. The third-order valence-corrected chi connectivity index (χ3v) is 2.99. The predicted octanol–water partition coefficient (Wildman–Crippen LogP) is 1.33. The number of carboxylic acid groups (broad SMARTS) is 1. The van der Waals surface area contributed by atoms with Crippen LogP contribution in [-0.4, -0.2) is 42.1 Å². The lowest BCUT2D eigenvalue weighted by Gasteiger charge is -2.18. The van der Waals surface area contributed by atoms with Gasteiger partial charge >= 0.3 is 5.97 Å². The Morgan fingerprint density at radius 1 is 1.12 bits per heavy atom. The van der Waals surface area contributed by atoms with Crippen molar-refractivity contribution in [3.63, 3.8) is 0 Å². The van der Waals surface area contributed by atoms with Gasteiger partial charge in [0.05, 0.1) is 13.1 Å². The molecule has 1 rings (SSSR count). The molecule has 0 aromatic heterocycles. The van der Waals surface area contributed by atoms with E-state index < -0.39 is 23.8 Å². The van der Waals surface area contributed by atoms with Crippen LogP contribution in [-0.2, 0) is 14.4 Å². The zero-order valence-corrected chi connectivity index (χ0v) is 14.5. The predicted molar refractivity (Wildman–Crippen MR) is 88.5 cm³/mol. The second-order valence-electron chi connectivity index (χ2n) is 6.72. The van der Waals surface area contributed by atoms with E-state index in [0.717, 1.165) is 12.1 Å². The summed E-state index contributed by atoms with van der Waals surface area (Å²) in [4.78, 5) is 34.5. The Morgan fingerprint density at radius 3 is 2.24 bits per heavy atom. The van der Waals surface area contributed by atoms with Crippen molar-refractivity contribution in [3.8, 4) is 5.75 Å². The summed E-state index contributed by atoms with van der Waals surface area (Å²) in [5, 5.41) is 14.0. The summed E-state index contributed by atoms with van der Waals surface area (Å²) in [6, 6.07) is 4.86. The Morgan fingerprint density at radius 2 is 1.72 bits per heavy atom. The number of carbonyl (C=O) groups is 3. The molecule has 0 radical (unpaired) electrons. The largest absolute Gasteiger partial charge is 0.478 e. The second-order valence-corrected chi connectivity index (χ2v) is 6.72. The van der Waals surface area contributed by atoms with Crippen LogP contribution in [0.4, 0.5) is 4.39 Å². The minimum absolute atomic E-state index is 0.168. The fourth-order valence-electron chi connectivity index (χ4n) is 1.85. The highest BCUT2D eigenvalue weighted by molar-refractivity contribution is 5.85. The number of carbonyl (C=O) groups excluding carboxylic acids is 2. The summed E-state index contributed by atoms with van der Waals surface area (Å²) in [6.07, 6.45) is -1.06. The summed E-state index contributed by atoms with van der Waals surface area (Å²) < 4.78 is 18.0. The maximum Gasteiger partial charge on any atom is 0.346 e. The van der Waals surface area contributed by atoms with Gasteiger partial charge in [-0.15, -0.1) is 0 Å². The fraction of sp³-hybridized carbons (Fsp3) is 0.471. The van der Waals surface area contributed by atoms with Crippen molar-refractivity contribution in [2.24, 2.45) is 5.41 Å². The minimum atomic E-state index is -1.33. The molecule has 3 N–H and O–H groups in total. The Kier molecular flexibility index (Phi) is 7.35. The van der Waals surface area contributed by atoms with Crippen molar-refractivity contribution < 1.29 is 28.6 Å². The number of aliphatic carboxylic acids is 1. The van der Waals surface area contributed by atoms with Gasteiger partial charge in [-0.2, -0.15) is 0 Å². The summed E-state index contributed by atoms with van der Waals surface area (Å²) in [6.45, 7) is 5.16. The lowest BCUT2D eigenvalue weighted by Crippen LogP contribution is -2.44. The highest BCUT2D eigenvalue weighted by atomic mass is 19.1. The van der Waals surface area contributed by atoms with Crippen molar-refractivity contribution in [3.05, 3.63) is 30.1 Å². The van der Waals surface area contributed by atoms with Gasteiger partial charge in [-0.05, 0) is 29.7 Å². The molecule has 0 saturated carbocycles. The van der Waals surface area contributed by atoms with E-state index in [1.54, 1.807) is 0 Å². The van der Waals surface area contributed by atoms with Gasteiger partial charge in [0.1, 0.15) is 11.6 Å². The quantitative estimate of drug-likeness (QED) is 0.653. The number of nitrogens with one attached hydrogen (secondary N) is 2. The number of amides is 2. The monoisotopic (exact) mass is 354 g/mol. The SMILES string of the molecule is CC(C)(C)CC(=O)NCC(=O)NCC(Oc1ccc(F)cc1)C(=O)O. The van der Waals surface area contributed by atoms with Gasteiger partial charge in [0, 0.05) is 6.42 Å². The van der Waals surface area contributed by atoms with Gasteiger partial charge in [0.15, 0.2) is 0 Å². The fourth-order valence-corrected chi connectivity index (χ4v) is 1.85. The topological polar surface area (TPSA) is 105 Å². The van der Waals surface area contributed by atoms with E-state index in [4.69, 9.17) is 9.84 Å². The first-order valence-electron chi connectivity index (χ1n) is 7.75. The number of rotatable bonds is 8. The molecule has 0 spiro atoms. The van der Waals surface area contributed by atoms with Crippen LogP contribution < -0.4 is 15.4 Å². The minimum Gasteiger partial charge on any atom is -0.478 e. The molecule has 8 heteroatoms. The first-order chi connectivity index (χ1) is 11.6. The van der Waals surface area contributed by atoms with Gasteiger partial charge in [0.25, 0.3) is 0 Å². The second kappa shape index (κ2) is 9.00. The average Bonchev–Trinajstić information content (AvgIpc) is 2.49. The standard InChI is InChI=1S/C17H23FN2O5/c1-17(2,3)8-14(21)20-10-15(22)19-9-13(16(23)24)25-12-6-4-11(18)5-7-12/h4-7,13H,8-10H2,1-3H3,(H,19,22)(H,20,21)(H,23,24). The smallest absolute Gasteiger partial charge is 0.346 e. The maximum atomic E-state index is 12.8. The molecule has 0 aliphatic carbocycles. The third-order valence-electron chi connectivity index (χ3n) is 2.99. The first kappa shape index (κ1) is 20.4. The van der Waals surface area contributed by atoms with E-state index >= 15 is 0 Å². The van der Waals surface area contributed by atoms with E-state index in [-0.39, 0.29) is 36.6 Å². The van der Waals surface area contributed by atoms with Crippen LogP contribution in [0.3, 0.4) is 0 Å². The molecule has 0 saturated heterocycles. The van der Waals surface area contributed by atoms with Gasteiger partial charge in [0.2, 0.25) is 17.9 Å². The van der Waals surface area contributed by atoms with Crippen molar-refractivity contribution in [1.82, 2.24) is 10.6 Å². The number of halogens is 1. The van der Waals surface area contributed by atoms with Gasteiger partial charge in [-0.3, -0.25) is 9.59 Å². The molecule has 1 atom stereocenters. The van der Waals surface area contributed by atoms with Crippen LogP contribution in [0.5, 0.6) is 5.75 Å². The van der Waals surface area contributed by atoms with Crippen LogP contribution in [0.2, 0.25) is 0 Å². The highest BCUT2D eigenvalue weighted by Gasteiger charge is 2.21. The average molecular weight is 354 g/mol.